The fourth-order valence-corrected chi connectivity index (χ4v) is 4.22. The van der Waals surface area contributed by atoms with Crippen LogP contribution in [-0.4, -0.2) is 16.3 Å². The summed E-state index contributed by atoms with van der Waals surface area (Å²) in [7, 11) is 0. The number of allylic oxidation sites excluding steroid dienone is 1. The molecule has 0 spiro atoms. The van der Waals surface area contributed by atoms with E-state index < -0.39 is 0 Å². The third-order valence-corrected chi connectivity index (χ3v) is 5.24. The van der Waals surface area contributed by atoms with E-state index in [2.05, 4.69) is 34.3 Å². The van der Waals surface area contributed by atoms with Gasteiger partial charge in [0.2, 0.25) is 0 Å². The predicted octanol–water partition coefficient (Wildman–Crippen LogP) is 4.86. The first kappa shape index (κ1) is 15.8. The van der Waals surface area contributed by atoms with Crippen molar-refractivity contribution >= 4 is 17.5 Å². The largest absolute Gasteiger partial charge is 0.299 e. The third kappa shape index (κ3) is 4.79. The van der Waals surface area contributed by atoms with E-state index in [-0.39, 0.29) is 5.92 Å². The SMILES string of the molecule is C=CCCC(=O)C1CC(C)(C)CCC1SC(C)C. The zero-order valence-electron chi connectivity index (χ0n) is 12.4. The molecule has 1 rings (SSSR count). The zero-order chi connectivity index (χ0) is 13.8. The molecule has 0 heterocycles. The van der Waals surface area contributed by atoms with Crippen molar-refractivity contribution in [3.05, 3.63) is 12.7 Å². The lowest BCUT2D eigenvalue weighted by atomic mass is 9.70. The lowest BCUT2D eigenvalue weighted by molar-refractivity contribution is -0.124. The lowest BCUT2D eigenvalue weighted by Crippen LogP contribution is -2.37. The molecule has 0 aromatic rings. The maximum atomic E-state index is 12.4. The molecule has 18 heavy (non-hydrogen) atoms. The number of carbonyl (C=O) groups is 1. The van der Waals surface area contributed by atoms with Crippen LogP contribution < -0.4 is 0 Å². The summed E-state index contributed by atoms with van der Waals surface area (Å²) in [5.41, 5.74) is 0.336. The van der Waals surface area contributed by atoms with Crippen LogP contribution in [0.4, 0.5) is 0 Å². The Labute approximate surface area is 117 Å². The van der Waals surface area contributed by atoms with E-state index in [0.717, 1.165) is 12.8 Å². The summed E-state index contributed by atoms with van der Waals surface area (Å²) in [5, 5.41) is 1.15. The Kier molecular flexibility index (Phi) is 5.97. The monoisotopic (exact) mass is 268 g/mol. The van der Waals surface area contributed by atoms with Crippen LogP contribution >= 0.6 is 11.8 Å². The summed E-state index contributed by atoms with van der Waals surface area (Å²) in [6, 6.07) is 0. The molecule has 1 fully saturated rings. The van der Waals surface area contributed by atoms with Gasteiger partial charge in [-0.3, -0.25) is 4.79 Å². The molecule has 1 nitrogen and oxygen atoms in total. The van der Waals surface area contributed by atoms with E-state index in [4.69, 9.17) is 0 Å². The molecule has 0 aliphatic heterocycles. The van der Waals surface area contributed by atoms with Gasteiger partial charge in [0.15, 0.2) is 0 Å². The van der Waals surface area contributed by atoms with Gasteiger partial charge < -0.3 is 0 Å². The average molecular weight is 268 g/mol. The molecule has 1 aliphatic rings. The second-order valence-corrected chi connectivity index (χ2v) is 8.35. The Balaban J connectivity index is 2.70. The van der Waals surface area contributed by atoms with Gasteiger partial charge in [-0.2, -0.15) is 11.8 Å². The highest BCUT2D eigenvalue weighted by molar-refractivity contribution is 8.00. The average Bonchev–Trinajstić information content (AvgIpc) is 2.27. The van der Waals surface area contributed by atoms with Gasteiger partial charge in [-0.1, -0.05) is 33.8 Å². The molecule has 0 aromatic carbocycles. The quantitative estimate of drug-likeness (QED) is 0.640. The Morgan fingerprint density at radius 2 is 2.17 bits per heavy atom. The van der Waals surface area contributed by atoms with Crippen LogP contribution in [0.1, 0.15) is 59.8 Å². The van der Waals surface area contributed by atoms with Crippen LogP contribution in [0.5, 0.6) is 0 Å². The number of hydrogen-bond acceptors (Lipinski definition) is 2. The normalized spacial score (nSPS) is 27.2. The Hall–Kier alpha value is -0.240. The van der Waals surface area contributed by atoms with Crippen molar-refractivity contribution in [3.63, 3.8) is 0 Å². The maximum absolute atomic E-state index is 12.4. The Morgan fingerprint density at radius 3 is 2.72 bits per heavy atom. The maximum Gasteiger partial charge on any atom is 0.137 e. The summed E-state index contributed by atoms with van der Waals surface area (Å²) in [4.78, 5) is 12.4. The van der Waals surface area contributed by atoms with Gasteiger partial charge in [0.1, 0.15) is 5.78 Å². The van der Waals surface area contributed by atoms with E-state index in [1.165, 1.54) is 12.8 Å². The molecule has 0 aromatic heterocycles. The first-order valence-corrected chi connectivity index (χ1v) is 8.09. The molecule has 0 amide bonds. The highest BCUT2D eigenvalue weighted by atomic mass is 32.2. The second-order valence-electron chi connectivity index (χ2n) is 6.53. The molecule has 0 N–H and O–H groups in total. The van der Waals surface area contributed by atoms with E-state index in [9.17, 15) is 4.79 Å². The van der Waals surface area contributed by atoms with Gasteiger partial charge >= 0.3 is 0 Å². The molecule has 0 saturated heterocycles. The molecular formula is C16H28OS. The minimum atomic E-state index is 0.265. The van der Waals surface area contributed by atoms with Crippen LogP contribution in [0.2, 0.25) is 0 Å². The van der Waals surface area contributed by atoms with Crippen molar-refractivity contribution in [2.75, 3.05) is 0 Å². The Morgan fingerprint density at radius 1 is 1.50 bits per heavy atom. The van der Waals surface area contributed by atoms with Crippen molar-refractivity contribution in [2.45, 2.75) is 70.3 Å². The number of Topliss-reactive ketones (excluding diaryl/α,β-unsaturated/α-hetero) is 1. The molecule has 2 unspecified atom stereocenters. The van der Waals surface area contributed by atoms with Crippen molar-refractivity contribution in [3.8, 4) is 0 Å². The molecule has 2 heteroatoms. The standard InChI is InChI=1S/C16H28OS/c1-6-7-8-14(17)13-11-16(4,5)10-9-15(13)18-12(2)3/h6,12-13,15H,1,7-11H2,2-5H3. The van der Waals surface area contributed by atoms with Crippen LogP contribution in [0.25, 0.3) is 0 Å². The molecule has 0 radical (unpaired) electrons. The van der Waals surface area contributed by atoms with Crippen molar-refractivity contribution < 1.29 is 4.79 Å². The predicted molar refractivity (Wildman–Crippen MR) is 82.1 cm³/mol. The summed E-state index contributed by atoms with van der Waals surface area (Å²) < 4.78 is 0. The minimum absolute atomic E-state index is 0.265. The van der Waals surface area contributed by atoms with E-state index >= 15 is 0 Å². The van der Waals surface area contributed by atoms with Gasteiger partial charge in [-0.05, 0) is 36.3 Å². The number of ketones is 1. The van der Waals surface area contributed by atoms with E-state index in [1.54, 1.807) is 0 Å². The van der Waals surface area contributed by atoms with Crippen LogP contribution in [0.15, 0.2) is 12.7 Å². The highest BCUT2D eigenvalue weighted by Crippen LogP contribution is 2.44. The summed E-state index contributed by atoms with van der Waals surface area (Å²) in [5.74, 6) is 0.724. The van der Waals surface area contributed by atoms with Gasteiger partial charge in [-0.15, -0.1) is 6.58 Å². The molecule has 1 saturated carbocycles. The summed E-state index contributed by atoms with van der Waals surface area (Å²) in [6.45, 7) is 12.8. The van der Waals surface area contributed by atoms with Crippen molar-refractivity contribution in [2.24, 2.45) is 11.3 Å². The molecule has 2 atom stereocenters. The van der Waals surface area contributed by atoms with Crippen LogP contribution in [0, 0.1) is 11.3 Å². The van der Waals surface area contributed by atoms with Crippen molar-refractivity contribution in [1.82, 2.24) is 0 Å². The van der Waals surface area contributed by atoms with Gasteiger partial charge in [0.25, 0.3) is 0 Å². The van der Waals surface area contributed by atoms with Crippen molar-refractivity contribution in [1.29, 1.82) is 0 Å². The first-order chi connectivity index (χ1) is 8.35. The Bertz CT molecular complexity index is 293. The lowest BCUT2D eigenvalue weighted by Gasteiger charge is -2.40. The number of thioether (sulfide) groups is 1. The third-order valence-electron chi connectivity index (χ3n) is 3.78. The molecule has 0 bridgehead atoms. The topological polar surface area (TPSA) is 17.1 Å². The fraction of sp³-hybridized carbons (Fsp3) is 0.812. The molecular weight excluding hydrogens is 240 g/mol. The number of rotatable bonds is 6. The van der Waals surface area contributed by atoms with E-state index in [1.807, 2.05) is 17.8 Å². The van der Waals surface area contributed by atoms with Crippen LogP contribution in [0.3, 0.4) is 0 Å². The summed E-state index contributed by atoms with van der Waals surface area (Å²) in [6.07, 6.45) is 6.88. The molecule has 1 aliphatic carbocycles. The van der Waals surface area contributed by atoms with Gasteiger partial charge in [0, 0.05) is 17.6 Å². The number of carbonyl (C=O) groups excluding carboxylic acids is 1. The van der Waals surface area contributed by atoms with Gasteiger partial charge in [0.05, 0.1) is 0 Å². The van der Waals surface area contributed by atoms with Gasteiger partial charge in [-0.25, -0.2) is 0 Å². The highest BCUT2D eigenvalue weighted by Gasteiger charge is 2.38. The second kappa shape index (κ2) is 6.79. The smallest absolute Gasteiger partial charge is 0.137 e. The van der Waals surface area contributed by atoms with Crippen LogP contribution in [-0.2, 0) is 4.79 Å². The summed E-state index contributed by atoms with van der Waals surface area (Å²) >= 11 is 2.00. The minimum Gasteiger partial charge on any atom is -0.299 e. The fourth-order valence-electron chi connectivity index (χ4n) is 2.83. The number of hydrogen-bond donors (Lipinski definition) is 0. The molecule has 104 valence electrons. The van der Waals surface area contributed by atoms with E-state index in [0.29, 0.717) is 28.1 Å². The zero-order valence-corrected chi connectivity index (χ0v) is 13.2. The first-order valence-electron chi connectivity index (χ1n) is 7.15.